The van der Waals surface area contributed by atoms with Crippen LogP contribution in [0, 0.1) is 0 Å². The molecule has 1 heterocycles. The largest absolute Gasteiger partial charge is 0.492 e. The number of hydrogen-bond acceptors (Lipinski definition) is 4. The van der Waals surface area contributed by atoms with E-state index in [2.05, 4.69) is 4.98 Å². The molecule has 5 heteroatoms. The molecule has 82 valence electrons. The van der Waals surface area contributed by atoms with Crippen molar-refractivity contribution in [1.82, 2.24) is 4.98 Å². The van der Waals surface area contributed by atoms with E-state index in [1.54, 1.807) is 13.2 Å². The number of carboxylic acid groups (broad SMARTS) is 1. The van der Waals surface area contributed by atoms with Gasteiger partial charge in [0.2, 0.25) is 0 Å². The molecule has 0 atom stereocenters. The summed E-state index contributed by atoms with van der Waals surface area (Å²) in [7, 11) is 1.63. The van der Waals surface area contributed by atoms with Crippen LogP contribution in [-0.2, 0) is 4.74 Å². The van der Waals surface area contributed by atoms with E-state index < -0.39 is 5.97 Å². The third-order valence-electron chi connectivity index (χ3n) is 1.72. The van der Waals surface area contributed by atoms with Crippen LogP contribution in [0.3, 0.4) is 0 Å². The topological polar surface area (TPSA) is 68.7 Å². The van der Waals surface area contributed by atoms with Crippen molar-refractivity contribution < 1.29 is 19.4 Å². The Bertz CT molecular complexity index is 310. The maximum atomic E-state index is 10.5. The molecule has 1 N–H and O–H groups in total. The molecule has 0 saturated heterocycles. The molecule has 5 nitrogen and oxygen atoms in total. The molecule has 0 aliphatic rings. The first kappa shape index (κ1) is 11.5. The Hall–Kier alpha value is -1.62. The minimum absolute atomic E-state index is 0.0132. The first-order valence-corrected chi connectivity index (χ1v) is 4.55. The highest BCUT2D eigenvalue weighted by Gasteiger charge is 2.03. The Morgan fingerprint density at radius 1 is 1.47 bits per heavy atom. The van der Waals surface area contributed by atoms with E-state index >= 15 is 0 Å². The number of carboxylic acids is 1. The number of carbonyl (C=O) groups is 1. The zero-order valence-electron chi connectivity index (χ0n) is 8.47. The minimum Gasteiger partial charge on any atom is -0.492 e. The van der Waals surface area contributed by atoms with Crippen LogP contribution in [0.25, 0.3) is 0 Å². The molecule has 15 heavy (non-hydrogen) atoms. The van der Waals surface area contributed by atoms with Gasteiger partial charge in [-0.3, -0.25) is 0 Å². The lowest BCUT2D eigenvalue weighted by atomic mass is 10.3. The number of aromatic carboxylic acids is 1. The number of methoxy groups -OCH3 is 1. The molecular weight excluding hydrogens is 198 g/mol. The molecule has 0 saturated carbocycles. The van der Waals surface area contributed by atoms with Gasteiger partial charge in [0.15, 0.2) is 0 Å². The van der Waals surface area contributed by atoms with Crippen molar-refractivity contribution in [2.24, 2.45) is 0 Å². The SMILES string of the molecule is COCCCOc1ccc(C(=O)O)nc1. The fourth-order valence-corrected chi connectivity index (χ4v) is 0.985. The van der Waals surface area contributed by atoms with Crippen LogP contribution < -0.4 is 4.74 Å². The lowest BCUT2D eigenvalue weighted by molar-refractivity contribution is 0.0690. The van der Waals surface area contributed by atoms with Crippen molar-refractivity contribution in [3.8, 4) is 5.75 Å². The van der Waals surface area contributed by atoms with Crippen LogP contribution in [-0.4, -0.2) is 36.4 Å². The molecule has 0 fully saturated rings. The van der Waals surface area contributed by atoms with E-state index in [-0.39, 0.29) is 5.69 Å². The normalized spacial score (nSPS) is 9.93. The standard InChI is InChI=1S/C10H13NO4/c1-14-5-2-6-15-8-3-4-9(10(12)13)11-7-8/h3-4,7H,2,5-6H2,1H3,(H,12,13). The van der Waals surface area contributed by atoms with Crippen LogP contribution >= 0.6 is 0 Å². The summed E-state index contributed by atoms with van der Waals surface area (Å²) in [5.74, 6) is -0.475. The van der Waals surface area contributed by atoms with Gasteiger partial charge in [-0.2, -0.15) is 0 Å². The van der Waals surface area contributed by atoms with Crippen molar-refractivity contribution in [3.63, 3.8) is 0 Å². The summed E-state index contributed by atoms with van der Waals surface area (Å²) in [6, 6.07) is 3.00. The maximum Gasteiger partial charge on any atom is 0.354 e. The van der Waals surface area contributed by atoms with Gasteiger partial charge in [-0.05, 0) is 12.1 Å². The summed E-state index contributed by atoms with van der Waals surface area (Å²) in [5.41, 5.74) is 0.0132. The minimum atomic E-state index is -1.04. The smallest absolute Gasteiger partial charge is 0.354 e. The van der Waals surface area contributed by atoms with Crippen molar-refractivity contribution in [3.05, 3.63) is 24.0 Å². The van der Waals surface area contributed by atoms with Crippen molar-refractivity contribution in [2.75, 3.05) is 20.3 Å². The molecule has 0 aliphatic carbocycles. The Morgan fingerprint density at radius 2 is 2.27 bits per heavy atom. The van der Waals surface area contributed by atoms with Gasteiger partial charge in [-0.25, -0.2) is 9.78 Å². The predicted molar refractivity (Wildman–Crippen MR) is 53.2 cm³/mol. The van der Waals surface area contributed by atoms with Gasteiger partial charge in [0.1, 0.15) is 11.4 Å². The summed E-state index contributed by atoms with van der Waals surface area (Å²) < 4.78 is 10.2. The number of nitrogens with zero attached hydrogens (tertiary/aromatic N) is 1. The molecule has 0 aromatic carbocycles. The second kappa shape index (κ2) is 5.98. The third kappa shape index (κ3) is 3.95. The molecule has 0 radical (unpaired) electrons. The van der Waals surface area contributed by atoms with Gasteiger partial charge in [-0.1, -0.05) is 0 Å². The molecule has 1 rings (SSSR count). The molecule has 0 amide bonds. The number of ether oxygens (including phenoxy) is 2. The average Bonchev–Trinajstić information content (AvgIpc) is 2.25. The van der Waals surface area contributed by atoms with Crippen molar-refractivity contribution >= 4 is 5.97 Å². The number of pyridine rings is 1. The highest BCUT2D eigenvalue weighted by Crippen LogP contribution is 2.09. The van der Waals surface area contributed by atoms with Gasteiger partial charge >= 0.3 is 5.97 Å². The van der Waals surface area contributed by atoms with Gasteiger partial charge < -0.3 is 14.6 Å². The van der Waals surface area contributed by atoms with E-state index in [1.807, 2.05) is 0 Å². The van der Waals surface area contributed by atoms with E-state index in [9.17, 15) is 4.79 Å². The van der Waals surface area contributed by atoms with Crippen molar-refractivity contribution in [2.45, 2.75) is 6.42 Å². The van der Waals surface area contributed by atoms with Gasteiger partial charge in [0.05, 0.1) is 12.8 Å². The van der Waals surface area contributed by atoms with Crippen LogP contribution in [0.2, 0.25) is 0 Å². The predicted octanol–water partition coefficient (Wildman–Crippen LogP) is 1.20. The first-order valence-electron chi connectivity index (χ1n) is 4.55. The molecule has 0 unspecified atom stereocenters. The summed E-state index contributed by atoms with van der Waals surface area (Å²) in [4.78, 5) is 14.2. The first-order chi connectivity index (χ1) is 7.24. The van der Waals surface area contributed by atoms with Gasteiger partial charge in [-0.15, -0.1) is 0 Å². The van der Waals surface area contributed by atoms with E-state index in [0.29, 0.717) is 19.0 Å². The zero-order valence-corrected chi connectivity index (χ0v) is 8.47. The Kier molecular flexibility index (Phi) is 4.56. The monoisotopic (exact) mass is 211 g/mol. The molecular formula is C10H13NO4. The second-order valence-corrected chi connectivity index (χ2v) is 2.88. The van der Waals surface area contributed by atoms with Crippen molar-refractivity contribution in [1.29, 1.82) is 0 Å². The zero-order chi connectivity index (χ0) is 11.1. The van der Waals surface area contributed by atoms with Gasteiger partial charge in [0.25, 0.3) is 0 Å². The Labute approximate surface area is 87.7 Å². The van der Waals surface area contributed by atoms with Crippen LogP contribution in [0.5, 0.6) is 5.75 Å². The molecule has 1 aromatic rings. The Balaban J connectivity index is 2.39. The average molecular weight is 211 g/mol. The lowest BCUT2D eigenvalue weighted by Crippen LogP contribution is -2.03. The molecule has 0 aliphatic heterocycles. The van der Waals surface area contributed by atoms with Gasteiger partial charge in [0, 0.05) is 20.1 Å². The van der Waals surface area contributed by atoms with Crippen LogP contribution in [0.4, 0.5) is 0 Å². The molecule has 0 bridgehead atoms. The number of hydrogen-bond donors (Lipinski definition) is 1. The molecule has 1 aromatic heterocycles. The fraction of sp³-hybridized carbons (Fsp3) is 0.400. The van der Waals surface area contributed by atoms with Crippen LogP contribution in [0.1, 0.15) is 16.9 Å². The van der Waals surface area contributed by atoms with E-state index in [0.717, 1.165) is 6.42 Å². The van der Waals surface area contributed by atoms with E-state index in [4.69, 9.17) is 14.6 Å². The Morgan fingerprint density at radius 3 is 2.80 bits per heavy atom. The summed E-state index contributed by atoms with van der Waals surface area (Å²) in [6.45, 7) is 1.17. The second-order valence-electron chi connectivity index (χ2n) is 2.88. The fourth-order valence-electron chi connectivity index (χ4n) is 0.985. The highest BCUT2D eigenvalue weighted by atomic mass is 16.5. The third-order valence-corrected chi connectivity index (χ3v) is 1.72. The number of rotatable bonds is 6. The maximum absolute atomic E-state index is 10.5. The number of aromatic nitrogens is 1. The summed E-state index contributed by atoms with van der Waals surface area (Å²) in [5, 5.41) is 8.60. The quantitative estimate of drug-likeness (QED) is 0.716. The summed E-state index contributed by atoms with van der Waals surface area (Å²) >= 11 is 0. The highest BCUT2D eigenvalue weighted by molar-refractivity contribution is 5.85. The summed E-state index contributed by atoms with van der Waals surface area (Å²) in [6.07, 6.45) is 2.19. The lowest BCUT2D eigenvalue weighted by Gasteiger charge is -2.04. The van der Waals surface area contributed by atoms with E-state index in [1.165, 1.54) is 12.3 Å². The molecule has 0 spiro atoms. The van der Waals surface area contributed by atoms with Crippen LogP contribution in [0.15, 0.2) is 18.3 Å².